The number of benzene rings is 2. The zero-order valence-corrected chi connectivity index (χ0v) is 13.6. The average molecular weight is 347 g/mol. The van der Waals surface area contributed by atoms with Gasteiger partial charge in [0.2, 0.25) is 0 Å². The molecule has 2 fully saturated rings. The van der Waals surface area contributed by atoms with Gasteiger partial charge in [-0.15, -0.1) is 0 Å². The molecule has 0 saturated carbocycles. The summed E-state index contributed by atoms with van der Waals surface area (Å²) in [6.07, 6.45) is -0.569. The zero-order chi connectivity index (χ0) is 17.4. The Morgan fingerprint density at radius 3 is 1.92 bits per heavy atom. The summed E-state index contributed by atoms with van der Waals surface area (Å²) < 4.78 is 39.3. The lowest BCUT2D eigenvalue weighted by molar-refractivity contribution is -0.0625. The van der Waals surface area contributed by atoms with Gasteiger partial charge in [-0.3, -0.25) is 0 Å². The van der Waals surface area contributed by atoms with E-state index in [1.54, 1.807) is 24.3 Å². The zero-order valence-electron chi connectivity index (χ0n) is 13.6. The molecular weight excluding hydrogens is 328 g/mol. The van der Waals surface area contributed by atoms with Crippen molar-refractivity contribution in [2.75, 3.05) is 19.8 Å². The lowest BCUT2D eigenvalue weighted by Crippen LogP contribution is -2.45. The molecule has 0 spiro atoms. The van der Waals surface area contributed by atoms with Crippen LogP contribution in [-0.2, 0) is 9.47 Å². The number of fused-ring (bicyclic) bond motifs is 1. The maximum Gasteiger partial charge on any atom is 0.139 e. The molecule has 2 aromatic rings. The molecule has 1 N–H and O–H groups in total. The number of hydrogen-bond donors (Lipinski definition) is 1. The highest BCUT2D eigenvalue weighted by atomic mass is 19.1. The van der Waals surface area contributed by atoms with Crippen molar-refractivity contribution in [1.29, 1.82) is 0 Å². The van der Waals surface area contributed by atoms with E-state index in [-0.39, 0.29) is 18.2 Å². The monoisotopic (exact) mass is 347 g/mol. The maximum absolute atomic E-state index is 13.7. The summed E-state index contributed by atoms with van der Waals surface area (Å²) in [6.45, 7) is 0.704. The molecule has 4 nitrogen and oxygen atoms in total. The Morgan fingerprint density at radius 2 is 1.48 bits per heavy atom. The van der Waals surface area contributed by atoms with Crippen molar-refractivity contribution in [1.82, 2.24) is 4.90 Å². The molecule has 2 saturated heterocycles. The highest BCUT2D eigenvalue weighted by molar-refractivity contribution is 5.26. The first-order valence-electron chi connectivity index (χ1n) is 8.26. The largest absolute Gasteiger partial charge is 0.396 e. The maximum atomic E-state index is 13.7. The highest BCUT2D eigenvalue weighted by Crippen LogP contribution is 2.50. The number of halogens is 2. The number of rotatable bonds is 4. The van der Waals surface area contributed by atoms with Gasteiger partial charge in [0.15, 0.2) is 0 Å². The van der Waals surface area contributed by atoms with E-state index in [1.807, 2.05) is 4.90 Å². The van der Waals surface area contributed by atoms with Gasteiger partial charge in [-0.2, -0.15) is 0 Å². The molecule has 6 heteroatoms. The third-order valence-electron chi connectivity index (χ3n) is 4.92. The van der Waals surface area contributed by atoms with Gasteiger partial charge in [0.25, 0.3) is 0 Å². The third kappa shape index (κ3) is 2.85. The number of nitrogens with zero attached hydrogens (tertiary/aromatic N) is 1. The van der Waals surface area contributed by atoms with Crippen molar-refractivity contribution in [2.24, 2.45) is 0 Å². The lowest BCUT2D eigenvalue weighted by Gasteiger charge is -2.34. The quantitative estimate of drug-likeness (QED) is 0.923. The van der Waals surface area contributed by atoms with E-state index in [0.717, 1.165) is 0 Å². The second kappa shape index (κ2) is 6.46. The molecule has 0 aromatic heterocycles. The number of ether oxygens (including phenoxy) is 2. The molecule has 132 valence electrons. The molecule has 4 rings (SSSR count). The highest BCUT2D eigenvalue weighted by Gasteiger charge is 2.56. The molecule has 3 atom stereocenters. The van der Waals surface area contributed by atoms with Crippen LogP contribution in [0.25, 0.3) is 0 Å². The smallest absolute Gasteiger partial charge is 0.139 e. The summed E-state index contributed by atoms with van der Waals surface area (Å²) in [4.78, 5) is 1.99. The van der Waals surface area contributed by atoms with Crippen LogP contribution in [0.1, 0.15) is 30.0 Å². The van der Waals surface area contributed by atoms with Crippen molar-refractivity contribution in [2.45, 2.75) is 24.4 Å². The summed E-state index contributed by atoms with van der Waals surface area (Å²) in [5.41, 5.74) is 0.835. The van der Waals surface area contributed by atoms with Crippen molar-refractivity contribution in [3.63, 3.8) is 0 Å². The van der Waals surface area contributed by atoms with Crippen molar-refractivity contribution in [3.8, 4) is 0 Å². The summed E-state index contributed by atoms with van der Waals surface area (Å²) >= 11 is 0. The topological polar surface area (TPSA) is 41.9 Å². The van der Waals surface area contributed by atoms with E-state index < -0.39 is 18.0 Å². The van der Waals surface area contributed by atoms with Crippen molar-refractivity contribution >= 4 is 0 Å². The first-order valence-corrected chi connectivity index (χ1v) is 8.26. The van der Waals surface area contributed by atoms with E-state index >= 15 is 0 Å². The minimum Gasteiger partial charge on any atom is -0.396 e. The Hall–Kier alpha value is -1.86. The lowest BCUT2D eigenvalue weighted by atomic mass is 9.96. The first-order chi connectivity index (χ1) is 12.1. The molecular formula is C19H19F2NO3. The molecule has 25 heavy (non-hydrogen) atoms. The van der Waals surface area contributed by atoms with E-state index in [4.69, 9.17) is 9.47 Å². The van der Waals surface area contributed by atoms with E-state index in [2.05, 4.69) is 0 Å². The molecule has 0 amide bonds. The van der Waals surface area contributed by atoms with Gasteiger partial charge in [-0.1, -0.05) is 24.3 Å². The fraction of sp³-hybridized carbons (Fsp3) is 0.368. The molecule has 2 aliphatic heterocycles. The molecule has 0 bridgehead atoms. The summed E-state index contributed by atoms with van der Waals surface area (Å²) in [7, 11) is 0. The standard InChI is InChI=1S/C19H19F2NO3/c20-15-5-1-3-13(9-15)17-22-18(14-4-2-6-16(21)10-14)25-12-19(22,7-8-23)11-24-17/h1-6,9-10,17-18,23H,7-8,11-12H2/t17-,18?,19-/m0/s1. The minimum atomic E-state index is -0.516. The second-order valence-electron chi connectivity index (χ2n) is 6.54. The van der Waals surface area contributed by atoms with Crippen LogP contribution < -0.4 is 0 Å². The Morgan fingerprint density at radius 1 is 0.960 bits per heavy atom. The molecule has 2 aliphatic rings. The number of aliphatic hydroxyl groups is 1. The predicted octanol–water partition coefficient (Wildman–Crippen LogP) is 3.15. The van der Waals surface area contributed by atoms with Gasteiger partial charge in [0, 0.05) is 6.61 Å². The summed E-state index contributed by atoms with van der Waals surface area (Å²) in [5.74, 6) is -0.689. The summed E-state index contributed by atoms with van der Waals surface area (Å²) in [6, 6.07) is 12.5. The van der Waals surface area contributed by atoms with Crippen LogP contribution in [0.2, 0.25) is 0 Å². The molecule has 1 unspecified atom stereocenters. The van der Waals surface area contributed by atoms with Crippen LogP contribution in [0, 0.1) is 11.6 Å². The van der Waals surface area contributed by atoms with Crippen LogP contribution in [-0.4, -0.2) is 35.4 Å². The third-order valence-corrected chi connectivity index (χ3v) is 4.92. The van der Waals surface area contributed by atoms with Gasteiger partial charge in [0.1, 0.15) is 24.1 Å². The normalized spacial score (nSPS) is 29.1. The fourth-order valence-corrected chi connectivity index (χ4v) is 3.76. The van der Waals surface area contributed by atoms with Crippen molar-refractivity contribution in [3.05, 3.63) is 71.3 Å². The van der Waals surface area contributed by atoms with E-state index in [9.17, 15) is 13.9 Å². The molecule has 0 radical (unpaired) electrons. The SMILES string of the molecule is OCC[C@]12COC(c3cccc(F)c3)N1[C@H](c1cccc(F)c1)OC2. The number of aliphatic hydroxyl groups excluding tert-OH is 1. The van der Waals surface area contributed by atoms with Crippen LogP contribution in [0.15, 0.2) is 48.5 Å². The molecule has 2 heterocycles. The van der Waals surface area contributed by atoms with Crippen molar-refractivity contribution < 1.29 is 23.4 Å². The molecule has 0 aliphatic carbocycles. The average Bonchev–Trinajstić information content (AvgIpc) is 3.12. The Balaban J connectivity index is 1.75. The van der Waals surface area contributed by atoms with Gasteiger partial charge < -0.3 is 14.6 Å². The number of hydrogen-bond acceptors (Lipinski definition) is 4. The summed E-state index contributed by atoms with van der Waals surface area (Å²) in [5, 5.41) is 9.51. The van der Waals surface area contributed by atoms with Crippen LogP contribution >= 0.6 is 0 Å². The van der Waals surface area contributed by atoms with E-state index in [1.165, 1.54) is 24.3 Å². The van der Waals surface area contributed by atoms with E-state index in [0.29, 0.717) is 30.8 Å². The fourth-order valence-electron chi connectivity index (χ4n) is 3.76. The van der Waals surface area contributed by atoms with Gasteiger partial charge in [0.05, 0.1) is 18.8 Å². The Bertz CT molecular complexity index is 712. The Kier molecular flexibility index (Phi) is 4.29. The minimum absolute atomic E-state index is 0.0189. The van der Waals surface area contributed by atoms with Crippen LogP contribution in [0.5, 0.6) is 0 Å². The first kappa shape index (κ1) is 16.6. The van der Waals surface area contributed by atoms with Gasteiger partial charge >= 0.3 is 0 Å². The second-order valence-corrected chi connectivity index (χ2v) is 6.54. The van der Waals surface area contributed by atoms with Gasteiger partial charge in [-0.05, 0) is 41.8 Å². The van der Waals surface area contributed by atoms with Crippen LogP contribution in [0.4, 0.5) is 8.78 Å². The van der Waals surface area contributed by atoms with Gasteiger partial charge in [-0.25, -0.2) is 13.7 Å². The molecule has 2 aromatic carbocycles. The Labute approximate surface area is 144 Å². The van der Waals surface area contributed by atoms with Crippen LogP contribution in [0.3, 0.4) is 0 Å². The predicted molar refractivity (Wildman–Crippen MR) is 86.5 cm³/mol.